The van der Waals surface area contributed by atoms with Gasteiger partial charge in [0.05, 0.1) is 59.0 Å². The van der Waals surface area contributed by atoms with Crippen molar-refractivity contribution in [1.82, 2.24) is 25.8 Å². The summed E-state index contributed by atoms with van der Waals surface area (Å²) in [7, 11) is 7.71. The molecule has 7 amide bonds. The lowest BCUT2D eigenvalue weighted by Gasteiger charge is -2.37. The molecule has 3 aliphatic heterocycles. The van der Waals surface area contributed by atoms with Gasteiger partial charge in [-0.15, -0.1) is 0 Å². The second-order valence-electron chi connectivity index (χ2n) is 20.3. The minimum atomic E-state index is -1.09. The Morgan fingerprint density at radius 3 is 2.04 bits per heavy atom. The molecule has 2 unspecified atom stereocenters. The lowest BCUT2D eigenvalue weighted by molar-refractivity contribution is -0.162. The van der Waals surface area contributed by atoms with Crippen LogP contribution in [0, 0.1) is 0 Å². The molecule has 0 spiro atoms. The van der Waals surface area contributed by atoms with Crippen LogP contribution in [-0.2, 0) is 46.3 Å². The van der Waals surface area contributed by atoms with Crippen LogP contribution in [0.5, 0.6) is 34.5 Å². The lowest BCUT2D eigenvalue weighted by atomic mass is 9.91. The van der Waals surface area contributed by atoms with E-state index in [1.807, 2.05) is 31.2 Å². The smallest absolute Gasteiger partial charge is 0.329 e. The number of rotatable bonds is 29. The number of fused-ring (bicyclic) bond motifs is 1. The molecule has 3 aliphatic rings. The number of nitrogens with one attached hydrogen (secondary N) is 3. The van der Waals surface area contributed by atoms with Crippen LogP contribution in [0.2, 0.25) is 0 Å². The highest BCUT2D eigenvalue weighted by Crippen LogP contribution is 2.42. The zero-order chi connectivity index (χ0) is 58.0. The number of likely N-dealkylation sites (tertiary alicyclic amines) is 1. The van der Waals surface area contributed by atoms with Crippen LogP contribution in [0.1, 0.15) is 145 Å². The Balaban J connectivity index is 0.868. The van der Waals surface area contributed by atoms with E-state index in [1.54, 1.807) is 61.6 Å². The highest BCUT2D eigenvalue weighted by atomic mass is 16.5. The number of piperidine rings is 2. The first-order valence-electron chi connectivity index (χ1n) is 27.8. The Bertz CT molecular complexity index is 2900. The molecule has 2 saturated heterocycles. The van der Waals surface area contributed by atoms with Crippen molar-refractivity contribution in [2.45, 2.75) is 127 Å². The molecular formula is C61H75N5O15. The number of carbonyl (C=O) groups excluding carboxylic acids is 8. The van der Waals surface area contributed by atoms with E-state index in [-0.39, 0.29) is 54.7 Å². The number of benzene rings is 4. The van der Waals surface area contributed by atoms with Crippen molar-refractivity contribution in [3.05, 3.63) is 106 Å². The first-order valence-corrected chi connectivity index (χ1v) is 27.8. The molecule has 20 nitrogen and oxygen atoms in total. The highest BCUT2D eigenvalue weighted by molar-refractivity contribution is 6.24. The summed E-state index contributed by atoms with van der Waals surface area (Å²) >= 11 is 0. The second-order valence-corrected chi connectivity index (χ2v) is 20.3. The van der Waals surface area contributed by atoms with Crippen molar-refractivity contribution in [3.8, 4) is 34.5 Å². The summed E-state index contributed by atoms with van der Waals surface area (Å²) in [6.07, 6.45) is 7.61. The third-order valence-electron chi connectivity index (χ3n) is 15.0. The van der Waals surface area contributed by atoms with E-state index in [9.17, 15) is 38.4 Å². The Morgan fingerprint density at radius 2 is 1.37 bits per heavy atom. The second kappa shape index (κ2) is 29.3. The molecule has 0 bridgehead atoms. The zero-order valence-electron chi connectivity index (χ0n) is 47.2. The van der Waals surface area contributed by atoms with E-state index in [0.29, 0.717) is 96.5 Å². The predicted octanol–water partition coefficient (Wildman–Crippen LogP) is 7.12. The molecule has 81 heavy (non-hydrogen) atoms. The van der Waals surface area contributed by atoms with Gasteiger partial charge >= 0.3 is 5.97 Å². The Kier molecular flexibility index (Phi) is 21.9. The predicted molar refractivity (Wildman–Crippen MR) is 298 cm³/mol. The van der Waals surface area contributed by atoms with Gasteiger partial charge in [-0.1, -0.05) is 62.9 Å². The fourth-order valence-corrected chi connectivity index (χ4v) is 10.7. The number of ether oxygens (including phenoxy) is 7. The fraction of sp³-hybridized carbons (Fsp3) is 0.475. The fourth-order valence-electron chi connectivity index (χ4n) is 10.7. The van der Waals surface area contributed by atoms with Crippen molar-refractivity contribution < 1.29 is 71.5 Å². The summed E-state index contributed by atoms with van der Waals surface area (Å²) in [6, 6.07) is 19.2. The Hall–Kier alpha value is -8.16. The molecule has 0 radical (unpaired) electrons. The topological polar surface area (TPSA) is 244 Å². The van der Waals surface area contributed by atoms with Crippen LogP contribution >= 0.6 is 0 Å². The SMILES string of the molecule is CC[C@H](C(=O)N1CCCC[C@H]1C(=O)OC(CCc1ccc(OC)c(OC)c1)c1cccc(OCC(=O)NCCCCCCCCNC(=O)Cc2cccc3c2C(=O)N(C2CCC(=O)NC2=O)C3=O)c1)c1cc(OC)c(OC)c(OC)c1. The summed E-state index contributed by atoms with van der Waals surface area (Å²) in [4.78, 5) is 108. The summed E-state index contributed by atoms with van der Waals surface area (Å²) in [5.41, 5.74) is 2.91. The van der Waals surface area contributed by atoms with E-state index in [4.69, 9.17) is 33.2 Å². The van der Waals surface area contributed by atoms with E-state index in [1.165, 1.54) is 27.4 Å². The molecule has 4 aromatic carbocycles. The van der Waals surface area contributed by atoms with Crippen LogP contribution in [0.4, 0.5) is 0 Å². The maximum Gasteiger partial charge on any atom is 0.329 e. The van der Waals surface area contributed by atoms with E-state index in [0.717, 1.165) is 61.8 Å². The van der Waals surface area contributed by atoms with Crippen LogP contribution < -0.4 is 44.4 Å². The Labute approximate surface area is 472 Å². The Morgan fingerprint density at radius 1 is 0.691 bits per heavy atom. The highest BCUT2D eigenvalue weighted by Gasteiger charge is 2.46. The molecule has 434 valence electrons. The zero-order valence-corrected chi connectivity index (χ0v) is 47.2. The maximum atomic E-state index is 14.5. The average molecular weight is 1120 g/mol. The molecule has 2 fully saturated rings. The molecule has 4 atom stereocenters. The summed E-state index contributed by atoms with van der Waals surface area (Å²) < 4.78 is 40.2. The van der Waals surface area contributed by atoms with Crippen LogP contribution in [0.25, 0.3) is 0 Å². The van der Waals surface area contributed by atoms with Gasteiger partial charge in [0.1, 0.15) is 23.9 Å². The first kappa shape index (κ1) is 60.5. The van der Waals surface area contributed by atoms with Gasteiger partial charge in [-0.2, -0.15) is 0 Å². The quantitative estimate of drug-likeness (QED) is 0.0279. The summed E-state index contributed by atoms with van der Waals surface area (Å²) in [6.45, 7) is 3.00. The lowest BCUT2D eigenvalue weighted by Crippen LogP contribution is -2.54. The number of amides is 7. The van der Waals surface area contributed by atoms with Crippen molar-refractivity contribution in [2.75, 3.05) is 61.8 Å². The molecule has 0 aliphatic carbocycles. The molecular weight excluding hydrogens is 1040 g/mol. The third kappa shape index (κ3) is 15.2. The van der Waals surface area contributed by atoms with Gasteiger partial charge < -0.3 is 48.7 Å². The number of carbonyl (C=O) groups is 8. The van der Waals surface area contributed by atoms with Gasteiger partial charge in [0.25, 0.3) is 17.7 Å². The molecule has 20 heteroatoms. The number of hydrogen-bond acceptors (Lipinski definition) is 15. The van der Waals surface area contributed by atoms with Crippen molar-refractivity contribution in [3.63, 3.8) is 0 Å². The van der Waals surface area contributed by atoms with Crippen molar-refractivity contribution in [2.24, 2.45) is 0 Å². The number of methoxy groups -OCH3 is 5. The minimum absolute atomic E-state index is 0.0156. The van der Waals surface area contributed by atoms with Gasteiger partial charge in [0.15, 0.2) is 29.6 Å². The number of unbranched alkanes of at least 4 members (excludes halogenated alkanes) is 5. The van der Waals surface area contributed by atoms with Gasteiger partial charge in [-0.25, -0.2) is 4.79 Å². The number of esters is 1. The number of aryl methyl sites for hydroxylation is 1. The largest absolute Gasteiger partial charge is 0.493 e. The monoisotopic (exact) mass is 1120 g/mol. The third-order valence-corrected chi connectivity index (χ3v) is 15.0. The molecule has 0 saturated carbocycles. The summed E-state index contributed by atoms with van der Waals surface area (Å²) in [5, 5.41) is 8.01. The van der Waals surface area contributed by atoms with E-state index in [2.05, 4.69) is 16.0 Å². The summed E-state index contributed by atoms with van der Waals surface area (Å²) in [5.74, 6) is -1.45. The first-order chi connectivity index (χ1) is 39.2. The number of nitrogens with zero attached hydrogens (tertiary/aromatic N) is 2. The maximum absolute atomic E-state index is 14.5. The van der Waals surface area contributed by atoms with Gasteiger partial charge in [-0.05, 0) is 123 Å². The molecule has 3 heterocycles. The van der Waals surface area contributed by atoms with E-state index < -0.39 is 53.7 Å². The van der Waals surface area contributed by atoms with Gasteiger partial charge in [-0.3, -0.25) is 43.8 Å². The molecule has 4 aromatic rings. The molecule has 7 rings (SSSR count). The molecule has 3 N–H and O–H groups in total. The molecule has 0 aromatic heterocycles. The number of imide groups is 2. The average Bonchev–Trinajstić information content (AvgIpc) is 3.96. The van der Waals surface area contributed by atoms with Crippen LogP contribution in [-0.4, -0.2) is 131 Å². The number of hydrogen-bond donors (Lipinski definition) is 3. The standard InChI is InChI=1S/C61H75N5O15/c1-7-43(41-34-50(77-4)56(79-6)51(35-41)78-5)58(71)65-31-15-12-22-46(65)61(74)81-47(26-23-38-24-27-48(75-2)49(32-38)76-3)39-18-16-20-42(33-39)80-37-54(69)63-30-14-11-9-8-10-13-29-62-53(68)36-40-19-17-21-44-55(40)60(73)66(59(44)72)45-25-28-52(67)64-57(45)70/h16-21,24,27,32-35,43,45-47H,7-15,22-23,25-26,28-31,36-37H2,1-6H3,(H,62,68)(H,63,69)(H,64,67,70)/t43-,45?,46-,47?/m0/s1. The van der Waals surface area contributed by atoms with Crippen molar-refractivity contribution >= 4 is 47.3 Å². The van der Waals surface area contributed by atoms with Crippen molar-refractivity contribution in [1.29, 1.82) is 0 Å². The van der Waals surface area contributed by atoms with Crippen LogP contribution in [0.3, 0.4) is 0 Å². The van der Waals surface area contributed by atoms with E-state index >= 15 is 0 Å². The normalized spacial score (nSPS) is 16.6. The van der Waals surface area contributed by atoms with Gasteiger partial charge in [0.2, 0.25) is 29.4 Å². The van der Waals surface area contributed by atoms with Crippen LogP contribution in [0.15, 0.2) is 72.8 Å². The van der Waals surface area contributed by atoms with Gasteiger partial charge in [0, 0.05) is 26.1 Å². The minimum Gasteiger partial charge on any atom is -0.493 e.